The minimum Gasteiger partial charge on any atom is -0.466 e. The van der Waals surface area contributed by atoms with E-state index in [1.165, 1.54) is 0 Å². The summed E-state index contributed by atoms with van der Waals surface area (Å²) in [6, 6.07) is 10.3. The third-order valence-electron chi connectivity index (χ3n) is 5.44. The van der Waals surface area contributed by atoms with Gasteiger partial charge in [-0.25, -0.2) is 0 Å². The summed E-state index contributed by atoms with van der Waals surface area (Å²) >= 11 is 0. The largest absolute Gasteiger partial charge is 0.466 e. The topological polar surface area (TPSA) is 66.8 Å². The summed E-state index contributed by atoms with van der Waals surface area (Å²) in [7, 11) is 0. The number of hydrogen-bond donors (Lipinski definition) is 1. The molecule has 1 amide bonds. The standard InChI is InChI=1S/C23H35NO4/c1-2-28-23(27)12-8-3-4-9-17-24-20(14-16-22(24)26)13-15-21(25)18-19-10-6-5-7-11-19/h5-7,10-11,20-21,25H,2-4,8-9,12-18H2,1H3/t20-,21+/m0/s1. The first-order valence-electron chi connectivity index (χ1n) is 10.8. The van der Waals surface area contributed by atoms with Crippen LogP contribution < -0.4 is 0 Å². The summed E-state index contributed by atoms with van der Waals surface area (Å²) in [6.07, 6.45) is 7.74. The van der Waals surface area contributed by atoms with Crippen LogP contribution in [0.3, 0.4) is 0 Å². The van der Waals surface area contributed by atoms with Crippen molar-refractivity contribution < 1.29 is 19.4 Å². The summed E-state index contributed by atoms with van der Waals surface area (Å²) in [4.78, 5) is 25.5. The van der Waals surface area contributed by atoms with Crippen molar-refractivity contribution in [1.29, 1.82) is 0 Å². The summed E-state index contributed by atoms with van der Waals surface area (Å²) < 4.78 is 4.93. The van der Waals surface area contributed by atoms with Crippen molar-refractivity contribution in [3.8, 4) is 0 Å². The van der Waals surface area contributed by atoms with E-state index < -0.39 is 0 Å². The Labute approximate surface area is 169 Å². The predicted octanol–water partition coefficient (Wildman–Crippen LogP) is 3.87. The number of aliphatic hydroxyl groups is 1. The number of ether oxygens (including phenoxy) is 1. The van der Waals surface area contributed by atoms with Crippen molar-refractivity contribution in [3.05, 3.63) is 35.9 Å². The lowest BCUT2D eigenvalue weighted by Gasteiger charge is -2.25. The van der Waals surface area contributed by atoms with E-state index in [-0.39, 0.29) is 24.0 Å². The van der Waals surface area contributed by atoms with Crippen molar-refractivity contribution in [2.45, 2.75) is 83.3 Å². The van der Waals surface area contributed by atoms with E-state index in [1.807, 2.05) is 42.2 Å². The number of amides is 1. The van der Waals surface area contributed by atoms with Crippen LogP contribution in [0.2, 0.25) is 0 Å². The highest BCUT2D eigenvalue weighted by Crippen LogP contribution is 2.24. The zero-order chi connectivity index (χ0) is 20.2. The zero-order valence-electron chi connectivity index (χ0n) is 17.1. The molecule has 1 aliphatic rings. The highest BCUT2D eigenvalue weighted by molar-refractivity contribution is 5.78. The molecule has 1 N–H and O–H groups in total. The average molecular weight is 390 g/mol. The quantitative estimate of drug-likeness (QED) is 0.411. The number of carbonyl (C=O) groups is 2. The Bertz CT molecular complexity index is 590. The van der Waals surface area contributed by atoms with Crippen LogP contribution in [-0.2, 0) is 20.7 Å². The molecule has 1 heterocycles. The molecule has 0 saturated carbocycles. The average Bonchev–Trinajstić information content (AvgIpc) is 3.03. The fourth-order valence-corrected chi connectivity index (χ4v) is 3.91. The highest BCUT2D eigenvalue weighted by atomic mass is 16.5. The van der Waals surface area contributed by atoms with Crippen molar-refractivity contribution in [1.82, 2.24) is 4.90 Å². The molecule has 28 heavy (non-hydrogen) atoms. The monoisotopic (exact) mass is 389 g/mol. The number of aliphatic hydroxyl groups excluding tert-OH is 1. The van der Waals surface area contributed by atoms with E-state index in [0.717, 1.165) is 57.1 Å². The van der Waals surface area contributed by atoms with Crippen LogP contribution in [-0.4, -0.2) is 47.2 Å². The molecule has 2 rings (SSSR count). The molecule has 2 atom stereocenters. The molecule has 156 valence electrons. The number of likely N-dealkylation sites (tertiary alicyclic amines) is 1. The van der Waals surface area contributed by atoms with Crippen LogP contribution in [0.25, 0.3) is 0 Å². The van der Waals surface area contributed by atoms with E-state index in [0.29, 0.717) is 25.9 Å². The molecular weight excluding hydrogens is 354 g/mol. The van der Waals surface area contributed by atoms with Gasteiger partial charge >= 0.3 is 5.97 Å². The number of rotatable bonds is 13. The molecule has 1 saturated heterocycles. The Balaban J connectivity index is 1.63. The molecule has 0 aromatic heterocycles. The van der Waals surface area contributed by atoms with Gasteiger partial charge in [0, 0.05) is 25.4 Å². The SMILES string of the molecule is CCOC(=O)CCCCCCN1C(=O)CC[C@@H]1CC[C@@H](O)Cc1ccccc1. The molecule has 0 bridgehead atoms. The Morgan fingerprint density at radius 1 is 1.21 bits per heavy atom. The van der Waals surface area contributed by atoms with E-state index in [9.17, 15) is 14.7 Å². The van der Waals surface area contributed by atoms with Gasteiger partial charge in [0.05, 0.1) is 12.7 Å². The number of hydrogen-bond acceptors (Lipinski definition) is 4. The van der Waals surface area contributed by atoms with Gasteiger partial charge in [0.1, 0.15) is 0 Å². The summed E-state index contributed by atoms with van der Waals surface area (Å²) in [5.41, 5.74) is 1.15. The molecule has 0 unspecified atom stereocenters. The second-order valence-corrected chi connectivity index (χ2v) is 7.67. The zero-order valence-corrected chi connectivity index (χ0v) is 17.1. The van der Waals surface area contributed by atoms with Gasteiger partial charge < -0.3 is 14.7 Å². The van der Waals surface area contributed by atoms with Crippen LogP contribution in [0.4, 0.5) is 0 Å². The van der Waals surface area contributed by atoms with E-state index in [1.54, 1.807) is 0 Å². The lowest BCUT2D eigenvalue weighted by molar-refractivity contribution is -0.143. The Morgan fingerprint density at radius 2 is 1.96 bits per heavy atom. The second kappa shape index (κ2) is 12.6. The van der Waals surface area contributed by atoms with Gasteiger partial charge in [-0.15, -0.1) is 0 Å². The molecule has 5 heteroatoms. The number of benzene rings is 1. The van der Waals surface area contributed by atoms with Gasteiger partial charge in [0.15, 0.2) is 0 Å². The van der Waals surface area contributed by atoms with Gasteiger partial charge in [-0.05, 0) is 51.0 Å². The molecule has 0 radical (unpaired) electrons. The van der Waals surface area contributed by atoms with Gasteiger partial charge in [-0.1, -0.05) is 43.2 Å². The minimum absolute atomic E-state index is 0.119. The van der Waals surface area contributed by atoms with Gasteiger partial charge in [-0.3, -0.25) is 9.59 Å². The van der Waals surface area contributed by atoms with E-state index >= 15 is 0 Å². The van der Waals surface area contributed by atoms with Crippen LogP contribution in [0.5, 0.6) is 0 Å². The molecule has 0 spiro atoms. The third-order valence-corrected chi connectivity index (χ3v) is 5.44. The third kappa shape index (κ3) is 8.01. The number of unbranched alkanes of at least 4 members (excludes halogenated alkanes) is 3. The predicted molar refractivity (Wildman–Crippen MR) is 110 cm³/mol. The smallest absolute Gasteiger partial charge is 0.305 e. The normalized spacial score (nSPS) is 17.7. The van der Waals surface area contributed by atoms with Crippen molar-refractivity contribution in [3.63, 3.8) is 0 Å². The van der Waals surface area contributed by atoms with Crippen LogP contribution in [0.1, 0.15) is 70.3 Å². The lowest BCUT2D eigenvalue weighted by atomic mass is 10.0. The van der Waals surface area contributed by atoms with E-state index in [2.05, 4.69) is 0 Å². The fourth-order valence-electron chi connectivity index (χ4n) is 3.91. The summed E-state index contributed by atoms with van der Waals surface area (Å²) in [5.74, 6) is 0.125. The highest BCUT2D eigenvalue weighted by Gasteiger charge is 2.30. The molecule has 0 aliphatic carbocycles. The molecule has 5 nitrogen and oxygen atoms in total. The van der Waals surface area contributed by atoms with Crippen molar-refractivity contribution >= 4 is 11.9 Å². The molecule has 1 aliphatic heterocycles. The summed E-state index contributed by atoms with van der Waals surface area (Å²) in [5, 5.41) is 10.3. The first kappa shape index (κ1) is 22.4. The van der Waals surface area contributed by atoms with Crippen LogP contribution in [0.15, 0.2) is 30.3 Å². The minimum atomic E-state index is -0.358. The first-order valence-corrected chi connectivity index (χ1v) is 10.8. The molecule has 1 aromatic carbocycles. The van der Waals surface area contributed by atoms with Crippen molar-refractivity contribution in [2.75, 3.05) is 13.2 Å². The maximum Gasteiger partial charge on any atom is 0.305 e. The lowest BCUT2D eigenvalue weighted by Crippen LogP contribution is -2.34. The number of carbonyl (C=O) groups excluding carboxylic acids is 2. The fraction of sp³-hybridized carbons (Fsp3) is 0.652. The van der Waals surface area contributed by atoms with E-state index in [4.69, 9.17) is 4.74 Å². The number of nitrogens with zero attached hydrogens (tertiary/aromatic N) is 1. The van der Waals surface area contributed by atoms with Gasteiger partial charge in [0.2, 0.25) is 5.91 Å². The number of esters is 1. The van der Waals surface area contributed by atoms with Gasteiger partial charge in [-0.2, -0.15) is 0 Å². The second-order valence-electron chi connectivity index (χ2n) is 7.67. The molecular formula is C23H35NO4. The maximum atomic E-state index is 12.2. The molecule has 1 fully saturated rings. The first-order chi connectivity index (χ1) is 13.6. The van der Waals surface area contributed by atoms with Gasteiger partial charge in [0.25, 0.3) is 0 Å². The van der Waals surface area contributed by atoms with Crippen LogP contribution in [0, 0.1) is 0 Å². The van der Waals surface area contributed by atoms with Crippen LogP contribution >= 0.6 is 0 Å². The Kier molecular flexibility index (Phi) is 10.0. The Morgan fingerprint density at radius 3 is 2.71 bits per heavy atom. The Hall–Kier alpha value is -1.88. The maximum absolute atomic E-state index is 12.2. The van der Waals surface area contributed by atoms with Crippen molar-refractivity contribution in [2.24, 2.45) is 0 Å². The molecule has 1 aromatic rings. The summed E-state index contributed by atoms with van der Waals surface area (Å²) in [6.45, 7) is 3.05.